The van der Waals surface area contributed by atoms with E-state index in [9.17, 15) is 18.8 Å². The van der Waals surface area contributed by atoms with Crippen LogP contribution in [0, 0.1) is 5.82 Å². The topological polar surface area (TPSA) is 101 Å². The molecule has 150 valence electrons. The van der Waals surface area contributed by atoms with Gasteiger partial charge in [0.2, 0.25) is 5.91 Å². The molecule has 9 heteroatoms. The highest BCUT2D eigenvalue weighted by atomic mass is 19.1. The number of ether oxygens (including phenoxy) is 1. The van der Waals surface area contributed by atoms with Crippen molar-refractivity contribution < 1.29 is 27.9 Å². The van der Waals surface area contributed by atoms with Crippen LogP contribution in [0.15, 0.2) is 41.0 Å². The molecule has 0 aliphatic heterocycles. The van der Waals surface area contributed by atoms with Crippen LogP contribution in [0.5, 0.6) is 0 Å². The van der Waals surface area contributed by atoms with Crippen LogP contribution in [-0.4, -0.2) is 42.0 Å². The van der Waals surface area contributed by atoms with E-state index in [1.54, 1.807) is 26.8 Å². The van der Waals surface area contributed by atoms with Gasteiger partial charge in [-0.25, -0.2) is 9.18 Å². The fourth-order valence-electron chi connectivity index (χ4n) is 2.19. The first-order valence-corrected chi connectivity index (χ1v) is 8.43. The predicted octanol–water partition coefficient (Wildman–Crippen LogP) is 3.48. The zero-order valence-corrected chi connectivity index (χ0v) is 16.0. The lowest BCUT2D eigenvalue weighted by molar-refractivity contribution is -0.116. The number of benzene rings is 1. The van der Waals surface area contributed by atoms with Crippen LogP contribution in [0.4, 0.5) is 20.6 Å². The smallest absolute Gasteiger partial charge is 0.412 e. The third-order valence-electron chi connectivity index (χ3n) is 3.35. The third-order valence-corrected chi connectivity index (χ3v) is 3.35. The number of carbonyl (C=O) groups excluding carboxylic acids is 3. The van der Waals surface area contributed by atoms with E-state index in [1.807, 2.05) is 0 Å². The second-order valence-corrected chi connectivity index (χ2v) is 7.01. The lowest BCUT2D eigenvalue weighted by Gasteiger charge is -2.20. The number of hydrogen-bond acceptors (Lipinski definition) is 5. The Kier molecular flexibility index (Phi) is 6.40. The zero-order valence-electron chi connectivity index (χ0n) is 16.0. The van der Waals surface area contributed by atoms with Crippen LogP contribution in [0.2, 0.25) is 0 Å². The first-order chi connectivity index (χ1) is 13.0. The number of carbonyl (C=O) groups is 3. The van der Waals surface area contributed by atoms with Gasteiger partial charge in [-0.1, -0.05) is 0 Å². The standard InChI is InChI=1S/C19H22FN3O5/c1-19(2,3)28-18(26)22-14-10-12(7-8-13(14)20)21-16(24)11-23(4)17(25)15-6-5-9-27-15/h5-10H,11H2,1-4H3,(H,21,24)(H,22,26). The quantitative estimate of drug-likeness (QED) is 0.813. The molecule has 1 aromatic heterocycles. The van der Waals surface area contributed by atoms with Crippen LogP contribution >= 0.6 is 0 Å². The molecule has 2 N–H and O–H groups in total. The molecule has 0 fully saturated rings. The lowest BCUT2D eigenvalue weighted by atomic mass is 10.2. The van der Waals surface area contributed by atoms with Crippen molar-refractivity contribution >= 4 is 29.3 Å². The van der Waals surface area contributed by atoms with E-state index in [4.69, 9.17) is 9.15 Å². The number of halogens is 1. The van der Waals surface area contributed by atoms with Crippen LogP contribution in [-0.2, 0) is 9.53 Å². The summed E-state index contributed by atoms with van der Waals surface area (Å²) < 4.78 is 24.0. The molecule has 0 aliphatic rings. The molecule has 0 aliphatic carbocycles. The highest BCUT2D eigenvalue weighted by molar-refractivity contribution is 5.98. The van der Waals surface area contributed by atoms with Gasteiger partial charge in [0, 0.05) is 12.7 Å². The Bertz CT molecular complexity index is 859. The highest BCUT2D eigenvalue weighted by Crippen LogP contribution is 2.21. The van der Waals surface area contributed by atoms with Gasteiger partial charge in [0.25, 0.3) is 5.91 Å². The lowest BCUT2D eigenvalue weighted by Crippen LogP contribution is -2.34. The molecule has 2 rings (SSSR count). The molecule has 1 aromatic carbocycles. The van der Waals surface area contributed by atoms with Gasteiger partial charge in [-0.2, -0.15) is 0 Å². The average molecular weight is 391 g/mol. The van der Waals surface area contributed by atoms with Gasteiger partial charge in [0.05, 0.1) is 18.5 Å². The van der Waals surface area contributed by atoms with Crippen molar-refractivity contribution in [2.75, 3.05) is 24.2 Å². The number of anilines is 2. The molecule has 0 bridgehead atoms. The van der Waals surface area contributed by atoms with Crippen molar-refractivity contribution in [1.29, 1.82) is 0 Å². The van der Waals surface area contributed by atoms with Crippen molar-refractivity contribution in [1.82, 2.24) is 4.90 Å². The summed E-state index contributed by atoms with van der Waals surface area (Å²) in [7, 11) is 1.45. The molecular formula is C19H22FN3O5. The van der Waals surface area contributed by atoms with E-state index in [0.29, 0.717) is 0 Å². The Balaban J connectivity index is 1.99. The minimum absolute atomic E-state index is 0.112. The maximum absolute atomic E-state index is 13.9. The van der Waals surface area contributed by atoms with Crippen molar-refractivity contribution in [3.8, 4) is 0 Å². The van der Waals surface area contributed by atoms with Crippen LogP contribution in [0.1, 0.15) is 31.3 Å². The summed E-state index contributed by atoms with van der Waals surface area (Å²) in [5, 5.41) is 4.83. The normalized spacial score (nSPS) is 10.9. The van der Waals surface area contributed by atoms with Crippen molar-refractivity contribution in [3.05, 3.63) is 48.2 Å². The molecule has 8 nitrogen and oxygen atoms in total. The van der Waals surface area contributed by atoms with E-state index >= 15 is 0 Å². The molecule has 0 saturated carbocycles. The SMILES string of the molecule is CN(CC(=O)Nc1ccc(F)c(NC(=O)OC(C)(C)C)c1)C(=O)c1ccco1. The zero-order chi connectivity index (χ0) is 20.9. The summed E-state index contributed by atoms with van der Waals surface area (Å²) in [5.41, 5.74) is -0.638. The Hall–Kier alpha value is -3.36. The van der Waals surface area contributed by atoms with Crippen molar-refractivity contribution in [2.45, 2.75) is 26.4 Å². The minimum Gasteiger partial charge on any atom is -0.459 e. The number of nitrogens with one attached hydrogen (secondary N) is 2. The van der Waals surface area contributed by atoms with E-state index in [-0.39, 0.29) is 23.7 Å². The van der Waals surface area contributed by atoms with Gasteiger partial charge in [-0.05, 0) is 51.1 Å². The number of nitrogens with zero attached hydrogens (tertiary/aromatic N) is 1. The predicted molar refractivity (Wildman–Crippen MR) is 101 cm³/mol. The second kappa shape index (κ2) is 8.55. The number of hydrogen-bond donors (Lipinski definition) is 2. The minimum atomic E-state index is -0.821. The molecule has 0 unspecified atom stereocenters. The Morgan fingerprint density at radius 2 is 1.89 bits per heavy atom. The molecule has 2 aromatic rings. The molecule has 3 amide bonds. The van der Waals surface area contributed by atoms with Gasteiger partial charge in [0.15, 0.2) is 5.76 Å². The monoisotopic (exact) mass is 391 g/mol. The van der Waals surface area contributed by atoms with Gasteiger partial charge >= 0.3 is 6.09 Å². The molecule has 28 heavy (non-hydrogen) atoms. The third kappa shape index (κ3) is 6.11. The first-order valence-electron chi connectivity index (χ1n) is 8.43. The van der Waals surface area contributed by atoms with Crippen LogP contribution in [0.25, 0.3) is 0 Å². The molecule has 1 heterocycles. The Morgan fingerprint density at radius 3 is 2.50 bits per heavy atom. The van der Waals surface area contributed by atoms with Crippen LogP contribution in [0.3, 0.4) is 0 Å². The number of likely N-dealkylation sites (N-methyl/N-ethyl adjacent to an activating group) is 1. The van der Waals surface area contributed by atoms with E-state index in [0.717, 1.165) is 6.07 Å². The van der Waals surface area contributed by atoms with Crippen molar-refractivity contribution in [3.63, 3.8) is 0 Å². The van der Waals surface area contributed by atoms with Gasteiger partial charge in [-0.15, -0.1) is 0 Å². The first kappa shape index (κ1) is 20.9. The summed E-state index contributed by atoms with van der Waals surface area (Å²) in [4.78, 5) is 37.2. The van der Waals surface area contributed by atoms with Gasteiger partial charge in [-0.3, -0.25) is 14.9 Å². The summed E-state index contributed by atoms with van der Waals surface area (Å²) >= 11 is 0. The number of amides is 3. The summed E-state index contributed by atoms with van der Waals surface area (Å²) in [6, 6.07) is 6.75. The van der Waals surface area contributed by atoms with E-state index in [1.165, 1.54) is 36.4 Å². The molecular weight excluding hydrogens is 369 g/mol. The molecule has 0 saturated heterocycles. The van der Waals surface area contributed by atoms with Crippen LogP contribution < -0.4 is 10.6 Å². The Morgan fingerprint density at radius 1 is 1.18 bits per heavy atom. The maximum atomic E-state index is 13.9. The summed E-state index contributed by atoms with van der Waals surface area (Å²) in [6.07, 6.45) is 0.539. The maximum Gasteiger partial charge on any atom is 0.412 e. The summed E-state index contributed by atoms with van der Waals surface area (Å²) in [5.74, 6) is -1.53. The van der Waals surface area contributed by atoms with E-state index < -0.39 is 29.3 Å². The number of rotatable bonds is 5. The van der Waals surface area contributed by atoms with Crippen molar-refractivity contribution in [2.24, 2.45) is 0 Å². The van der Waals surface area contributed by atoms with E-state index in [2.05, 4.69) is 10.6 Å². The number of furan rings is 1. The highest BCUT2D eigenvalue weighted by Gasteiger charge is 2.19. The van der Waals surface area contributed by atoms with Gasteiger partial charge < -0.3 is 19.4 Å². The van der Waals surface area contributed by atoms with Gasteiger partial charge in [0.1, 0.15) is 11.4 Å². The fraction of sp³-hybridized carbons (Fsp3) is 0.316. The molecule has 0 radical (unpaired) electrons. The summed E-state index contributed by atoms with van der Waals surface area (Å²) in [6.45, 7) is 4.80. The fourth-order valence-corrected chi connectivity index (χ4v) is 2.19. The second-order valence-electron chi connectivity index (χ2n) is 7.01. The Labute approximate surface area is 161 Å². The molecule has 0 atom stereocenters. The average Bonchev–Trinajstić information content (AvgIpc) is 3.09. The largest absolute Gasteiger partial charge is 0.459 e. The molecule has 0 spiro atoms.